The van der Waals surface area contributed by atoms with Crippen LogP contribution < -0.4 is 5.32 Å². The lowest BCUT2D eigenvalue weighted by atomic mass is 9.93. The highest BCUT2D eigenvalue weighted by Gasteiger charge is 2.21. The van der Waals surface area contributed by atoms with Crippen LogP contribution in [0.3, 0.4) is 0 Å². The Morgan fingerprint density at radius 1 is 1.20 bits per heavy atom. The third-order valence-electron chi connectivity index (χ3n) is 3.84. The second kappa shape index (κ2) is 8.23. The van der Waals surface area contributed by atoms with Gasteiger partial charge in [0.1, 0.15) is 0 Å². The minimum absolute atomic E-state index is 0.352. The summed E-state index contributed by atoms with van der Waals surface area (Å²) in [5.41, 5.74) is 0.977. The molecule has 1 aromatic carbocycles. The van der Waals surface area contributed by atoms with Crippen LogP contribution >= 0.6 is 23.2 Å². The van der Waals surface area contributed by atoms with E-state index in [1.807, 2.05) is 12.1 Å². The van der Waals surface area contributed by atoms with Crippen LogP contribution in [-0.2, 0) is 11.3 Å². The van der Waals surface area contributed by atoms with Gasteiger partial charge in [0.25, 0.3) is 0 Å². The van der Waals surface area contributed by atoms with Crippen LogP contribution in [-0.4, -0.2) is 18.7 Å². The molecule has 0 saturated heterocycles. The summed E-state index contributed by atoms with van der Waals surface area (Å²) in [6, 6.07) is 6.19. The molecule has 0 aromatic heterocycles. The Balaban J connectivity index is 1.74. The van der Waals surface area contributed by atoms with Crippen LogP contribution in [0.4, 0.5) is 0 Å². The molecular formula is C16H23Cl2NO. The summed E-state index contributed by atoms with van der Waals surface area (Å²) in [5, 5.41) is 5.03. The van der Waals surface area contributed by atoms with E-state index < -0.39 is 0 Å². The molecule has 1 aliphatic rings. The van der Waals surface area contributed by atoms with Crippen LogP contribution in [0.1, 0.15) is 44.6 Å². The molecule has 1 saturated carbocycles. The first kappa shape index (κ1) is 16.1. The maximum atomic E-state index is 6.15. The predicted molar refractivity (Wildman–Crippen MR) is 85.6 cm³/mol. The van der Waals surface area contributed by atoms with Gasteiger partial charge in [-0.25, -0.2) is 0 Å². The maximum Gasteiger partial charge on any atom is 0.0735 e. The van der Waals surface area contributed by atoms with E-state index in [1.165, 1.54) is 19.3 Å². The van der Waals surface area contributed by atoms with Crippen molar-refractivity contribution in [1.82, 2.24) is 5.32 Å². The number of halogens is 2. The summed E-state index contributed by atoms with van der Waals surface area (Å²) in [4.78, 5) is 0. The summed E-state index contributed by atoms with van der Waals surface area (Å²) in [6.45, 7) is 3.88. The lowest BCUT2D eigenvalue weighted by Crippen LogP contribution is -2.35. The first-order chi connectivity index (χ1) is 9.69. The molecule has 112 valence electrons. The van der Waals surface area contributed by atoms with E-state index in [-0.39, 0.29) is 0 Å². The zero-order valence-corrected chi connectivity index (χ0v) is 13.5. The normalized spacial score (nSPS) is 22.9. The van der Waals surface area contributed by atoms with Crippen molar-refractivity contribution in [3.63, 3.8) is 0 Å². The van der Waals surface area contributed by atoms with Gasteiger partial charge in [-0.05, 0) is 62.4 Å². The zero-order chi connectivity index (χ0) is 14.4. The van der Waals surface area contributed by atoms with Gasteiger partial charge in [-0.15, -0.1) is 0 Å². The Hall–Kier alpha value is -0.280. The quantitative estimate of drug-likeness (QED) is 0.812. The number of benzene rings is 1. The van der Waals surface area contributed by atoms with E-state index in [4.69, 9.17) is 27.9 Å². The fourth-order valence-electron chi connectivity index (χ4n) is 2.64. The summed E-state index contributed by atoms with van der Waals surface area (Å²) in [5.74, 6) is 0. The highest BCUT2D eigenvalue weighted by molar-refractivity contribution is 6.33. The summed E-state index contributed by atoms with van der Waals surface area (Å²) >= 11 is 12.1. The van der Waals surface area contributed by atoms with Gasteiger partial charge in [0, 0.05) is 16.1 Å². The van der Waals surface area contributed by atoms with Crippen molar-refractivity contribution in [2.75, 3.05) is 6.54 Å². The maximum absolute atomic E-state index is 6.15. The highest BCUT2D eigenvalue weighted by Crippen LogP contribution is 2.25. The van der Waals surface area contributed by atoms with Gasteiger partial charge < -0.3 is 10.1 Å². The van der Waals surface area contributed by atoms with Crippen LogP contribution in [0.5, 0.6) is 0 Å². The molecule has 1 aromatic rings. The Kier molecular flexibility index (Phi) is 6.63. The SMILES string of the molecule is CCCNC1CCC(OCc2cc(Cl)ccc2Cl)CC1. The molecule has 0 spiro atoms. The van der Waals surface area contributed by atoms with E-state index in [0.717, 1.165) is 30.0 Å². The van der Waals surface area contributed by atoms with E-state index in [0.29, 0.717) is 23.8 Å². The lowest BCUT2D eigenvalue weighted by molar-refractivity contribution is 0.0114. The van der Waals surface area contributed by atoms with Gasteiger partial charge in [0.05, 0.1) is 12.7 Å². The van der Waals surface area contributed by atoms with Crippen LogP contribution in [0.2, 0.25) is 10.0 Å². The number of rotatable bonds is 6. The molecular weight excluding hydrogens is 293 g/mol. The molecule has 0 aliphatic heterocycles. The zero-order valence-electron chi connectivity index (χ0n) is 12.0. The van der Waals surface area contributed by atoms with Gasteiger partial charge in [-0.1, -0.05) is 30.1 Å². The van der Waals surface area contributed by atoms with Gasteiger partial charge in [-0.2, -0.15) is 0 Å². The Morgan fingerprint density at radius 3 is 2.65 bits per heavy atom. The molecule has 1 N–H and O–H groups in total. The molecule has 0 unspecified atom stereocenters. The largest absolute Gasteiger partial charge is 0.373 e. The average Bonchev–Trinajstić information content (AvgIpc) is 2.47. The standard InChI is InChI=1S/C16H23Cl2NO/c1-2-9-19-14-4-6-15(7-5-14)20-11-12-10-13(17)3-8-16(12)18/h3,8,10,14-15,19H,2,4-7,9,11H2,1H3. The third kappa shape index (κ3) is 4.92. The number of nitrogens with one attached hydrogen (secondary N) is 1. The van der Waals surface area contributed by atoms with E-state index in [9.17, 15) is 0 Å². The summed E-state index contributed by atoms with van der Waals surface area (Å²) in [7, 11) is 0. The molecule has 2 rings (SSSR count). The van der Waals surface area contributed by atoms with Crippen LogP contribution in [0, 0.1) is 0 Å². The fraction of sp³-hybridized carbons (Fsp3) is 0.625. The molecule has 0 heterocycles. The highest BCUT2D eigenvalue weighted by atomic mass is 35.5. The second-order valence-corrected chi connectivity index (χ2v) is 6.32. The van der Waals surface area contributed by atoms with E-state index in [1.54, 1.807) is 6.07 Å². The number of hydrogen-bond acceptors (Lipinski definition) is 2. The van der Waals surface area contributed by atoms with Gasteiger partial charge >= 0.3 is 0 Å². The van der Waals surface area contributed by atoms with Crippen molar-refractivity contribution in [1.29, 1.82) is 0 Å². The number of hydrogen-bond donors (Lipinski definition) is 1. The van der Waals surface area contributed by atoms with Gasteiger partial charge in [-0.3, -0.25) is 0 Å². The van der Waals surface area contributed by atoms with Crippen molar-refractivity contribution >= 4 is 23.2 Å². The Morgan fingerprint density at radius 2 is 1.95 bits per heavy atom. The first-order valence-corrected chi connectivity index (χ1v) is 8.23. The predicted octanol–water partition coefficient (Wildman–Crippen LogP) is 4.82. The van der Waals surface area contributed by atoms with Crippen LogP contribution in [0.25, 0.3) is 0 Å². The first-order valence-electron chi connectivity index (χ1n) is 7.48. The molecule has 0 atom stereocenters. The molecule has 20 heavy (non-hydrogen) atoms. The summed E-state index contributed by atoms with van der Waals surface area (Å²) < 4.78 is 5.99. The average molecular weight is 316 g/mol. The van der Waals surface area contributed by atoms with E-state index in [2.05, 4.69) is 12.2 Å². The van der Waals surface area contributed by atoms with E-state index >= 15 is 0 Å². The molecule has 1 fully saturated rings. The molecule has 0 radical (unpaired) electrons. The van der Waals surface area contributed by atoms with Crippen molar-refractivity contribution < 1.29 is 4.74 Å². The van der Waals surface area contributed by atoms with Crippen molar-refractivity contribution in [2.45, 2.75) is 57.8 Å². The molecule has 0 bridgehead atoms. The van der Waals surface area contributed by atoms with Crippen molar-refractivity contribution in [3.8, 4) is 0 Å². The van der Waals surface area contributed by atoms with Crippen molar-refractivity contribution in [2.24, 2.45) is 0 Å². The second-order valence-electron chi connectivity index (χ2n) is 5.47. The fourth-order valence-corrected chi connectivity index (χ4v) is 3.01. The lowest BCUT2D eigenvalue weighted by Gasteiger charge is -2.29. The van der Waals surface area contributed by atoms with Gasteiger partial charge in [0.2, 0.25) is 0 Å². The molecule has 2 nitrogen and oxygen atoms in total. The molecule has 1 aliphatic carbocycles. The topological polar surface area (TPSA) is 21.3 Å². The van der Waals surface area contributed by atoms with Gasteiger partial charge in [0.15, 0.2) is 0 Å². The minimum Gasteiger partial charge on any atom is -0.373 e. The smallest absolute Gasteiger partial charge is 0.0735 e. The molecule has 4 heteroatoms. The Bertz CT molecular complexity index is 417. The molecule has 0 amide bonds. The number of ether oxygens (including phenoxy) is 1. The third-order valence-corrected chi connectivity index (χ3v) is 4.44. The monoisotopic (exact) mass is 315 g/mol. The minimum atomic E-state index is 0.352. The van der Waals surface area contributed by atoms with Crippen LogP contribution in [0.15, 0.2) is 18.2 Å². The van der Waals surface area contributed by atoms with Crippen molar-refractivity contribution in [3.05, 3.63) is 33.8 Å². The summed E-state index contributed by atoms with van der Waals surface area (Å²) in [6.07, 6.45) is 6.20. The Labute approximate surface area is 131 Å².